The molecule has 4 N–H and O–H groups in total. The molecular formula is C18H34O7. The van der Waals surface area contributed by atoms with Gasteiger partial charge < -0.3 is 29.9 Å². The average molecular weight is 362 g/mol. The first kappa shape index (κ1) is 22.3. The molecule has 25 heavy (non-hydrogen) atoms. The zero-order valence-corrected chi connectivity index (χ0v) is 15.4. The summed E-state index contributed by atoms with van der Waals surface area (Å²) in [7, 11) is 0. The van der Waals surface area contributed by atoms with Crippen LogP contribution in [0.5, 0.6) is 0 Å². The van der Waals surface area contributed by atoms with Crippen LogP contribution in [-0.2, 0) is 14.3 Å². The Labute approximate surface area is 150 Å². The summed E-state index contributed by atoms with van der Waals surface area (Å²) in [6.07, 6.45) is 1.83. The van der Waals surface area contributed by atoms with Gasteiger partial charge in [0.2, 0.25) is 0 Å². The molecule has 0 aromatic rings. The van der Waals surface area contributed by atoms with Gasteiger partial charge in [-0.1, -0.05) is 52.4 Å². The Morgan fingerprint density at radius 3 is 2.24 bits per heavy atom. The molecule has 0 aromatic heterocycles. The molecule has 0 saturated carbocycles. The van der Waals surface area contributed by atoms with E-state index >= 15 is 0 Å². The number of rotatable bonds is 13. The second-order valence-electron chi connectivity index (χ2n) is 6.83. The molecule has 0 radical (unpaired) electrons. The molecule has 0 amide bonds. The lowest BCUT2D eigenvalue weighted by atomic mass is 9.97. The third-order valence-corrected chi connectivity index (χ3v) is 4.73. The average Bonchev–Trinajstić information content (AvgIpc) is 2.83. The Morgan fingerprint density at radius 2 is 1.68 bits per heavy atom. The van der Waals surface area contributed by atoms with Crippen molar-refractivity contribution in [3.05, 3.63) is 0 Å². The smallest absolute Gasteiger partial charge is 0.335 e. The van der Waals surface area contributed by atoms with Crippen molar-refractivity contribution >= 4 is 5.97 Å². The molecule has 0 spiro atoms. The summed E-state index contributed by atoms with van der Waals surface area (Å²) in [5.74, 6) is -2.96. The van der Waals surface area contributed by atoms with Crippen LogP contribution in [0.15, 0.2) is 0 Å². The minimum absolute atomic E-state index is 0.349. The van der Waals surface area contributed by atoms with Crippen molar-refractivity contribution in [2.24, 2.45) is 0 Å². The SMILES string of the molecule is CCCCCCO[C@@]1(CCCCCC)O[C@@H]([C@H](O)C(=O)O)[C@H](O)[C@H]1O. The van der Waals surface area contributed by atoms with Crippen LogP contribution in [0.4, 0.5) is 0 Å². The molecular weight excluding hydrogens is 328 g/mol. The van der Waals surface area contributed by atoms with E-state index in [0.29, 0.717) is 13.0 Å². The first-order valence-electron chi connectivity index (χ1n) is 9.48. The van der Waals surface area contributed by atoms with Gasteiger partial charge in [-0.3, -0.25) is 0 Å². The highest BCUT2D eigenvalue weighted by Crippen LogP contribution is 2.38. The maximum atomic E-state index is 11.0. The highest BCUT2D eigenvalue weighted by Gasteiger charge is 2.57. The predicted octanol–water partition coefficient (Wildman–Crippen LogP) is 1.82. The van der Waals surface area contributed by atoms with Crippen LogP contribution in [0, 0.1) is 0 Å². The van der Waals surface area contributed by atoms with Gasteiger partial charge in [-0.05, 0) is 12.8 Å². The van der Waals surface area contributed by atoms with Crippen molar-refractivity contribution in [1.29, 1.82) is 0 Å². The number of carboxylic acid groups (broad SMARTS) is 1. The molecule has 148 valence electrons. The third-order valence-electron chi connectivity index (χ3n) is 4.73. The van der Waals surface area contributed by atoms with Gasteiger partial charge >= 0.3 is 5.97 Å². The third kappa shape index (κ3) is 6.18. The lowest BCUT2D eigenvalue weighted by Gasteiger charge is -2.32. The summed E-state index contributed by atoms with van der Waals surface area (Å²) in [6, 6.07) is 0. The summed E-state index contributed by atoms with van der Waals surface area (Å²) in [4.78, 5) is 11.0. The van der Waals surface area contributed by atoms with E-state index < -0.39 is 36.2 Å². The molecule has 0 aromatic carbocycles. The number of hydrogen-bond acceptors (Lipinski definition) is 6. The van der Waals surface area contributed by atoms with E-state index in [1.165, 1.54) is 0 Å². The lowest BCUT2D eigenvalue weighted by molar-refractivity contribution is -0.269. The molecule has 0 bridgehead atoms. The fourth-order valence-electron chi connectivity index (χ4n) is 3.17. The van der Waals surface area contributed by atoms with Crippen LogP contribution in [0.3, 0.4) is 0 Å². The number of aliphatic hydroxyl groups excluding tert-OH is 3. The Bertz CT molecular complexity index is 390. The molecule has 0 unspecified atom stereocenters. The van der Waals surface area contributed by atoms with Crippen molar-refractivity contribution in [3.63, 3.8) is 0 Å². The highest BCUT2D eigenvalue weighted by atomic mass is 16.7. The van der Waals surface area contributed by atoms with Crippen LogP contribution in [-0.4, -0.2) is 63.2 Å². The fraction of sp³-hybridized carbons (Fsp3) is 0.944. The van der Waals surface area contributed by atoms with E-state index in [2.05, 4.69) is 13.8 Å². The van der Waals surface area contributed by atoms with Crippen molar-refractivity contribution in [2.75, 3.05) is 6.61 Å². The number of unbranched alkanes of at least 4 members (excludes halogenated alkanes) is 6. The Balaban J connectivity index is 2.76. The van der Waals surface area contributed by atoms with Crippen molar-refractivity contribution < 1.29 is 34.7 Å². The Kier molecular flexibility index (Phi) is 9.89. The number of carbonyl (C=O) groups is 1. The predicted molar refractivity (Wildman–Crippen MR) is 92.1 cm³/mol. The van der Waals surface area contributed by atoms with Crippen LogP contribution in [0.1, 0.15) is 71.6 Å². The van der Waals surface area contributed by atoms with Gasteiger partial charge in [0.15, 0.2) is 11.9 Å². The number of aliphatic carboxylic acids is 1. The summed E-state index contributed by atoms with van der Waals surface area (Å²) in [6.45, 7) is 4.55. The molecule has 1 fully saturated rings. The zero-order chi connectivity index (χ0) is 18.9. The molecule has 1 aliphatic heterocycles. The Hall–Kier alpha value is -0.730. The van der Waals surface area contributed by atoms with E-state index in [1.54, 1.807) is 0 Å². The van der Waals surface area contributed by atoms with E-state index in [-0.39, 0.29) is 0 Å². The van der Waals surface area contributed by atoms with Gasteiger partial charge in [-0.15, -0.1) is 0 Å². The largest absolute Gasteiger partial charge is 0.479 e. The lowest BCUT2D eigenvalue weighted by Crippen LogP contribution is -2.46. The van der Waals surface area contributed by atoms with Crippen LogP contribution in [0.25, 0.3) is 0 Å². The molecule has 5 atom stereocenters. The summed E-state index contributed by atoms with van der Waals surface area (Å²) >= 11 is 0. The molecule has 1 aliphatic rings. The second kappa shape index (κ2) is 11.1. The summed E-state index contributed by atoms with van der Waals surface area (Å²) < 4.78 is 11.5. The Morgan fingerprint density at radius 1 is 1.08 bits per heavy atom. The first-order chi connectivity index (χ1) is 11.9. The van der Waals surface area contributed by atoms with Crippen molar-refractivity contribution in [1.82, 2.24) is 0 Å². The topological polar surface area (TPSA) is 116 Å². The van der Waals surface area contributed by atoms with Gasteiger partial charge in [-0.2, -0.15) is 0 Å². The minimum Gasteiger partial charge on any atom is -0.479 e. The normalized spacial score (nSPS) is 30.5. The maximum Gasteiger partial charge on any atom is 0.335 e. The molecule has 1 heterocycles. The quantitative estimate of drug-likeness (QED) is 0.369. The number of carboxylic acids is 1. The van der Waals surface area contributed by atoms with E-state index in [1.807, 2.05) is 0 Å². The van der Waals surface area contributed by atoms with Crippen LogP contribution in [0.2, 0.25) is 0 Å². The molecule has 1 rings (SSSR count). The molecule has 7 heteroatoms. The molecule has 7 nitrogen and oxygen atoms in total. The summed E-state index contributed by atoms with van der Waals surface area (Å²) in [5, 5.41) is 39.4. The van der Waals surface area contributed by atoms with Gasteiger partial charge in [0.05, 0.1) is 6.61 Å². The van der Waals surface area contributed by atoms with Gasteiger partial charge in [-0.25, -0.2) is 4.79 Å². The molecule has 0 aliphatic carbocycles. The fourth-order valence-corrected chi connectivity index (χ4v) is 3.17. The van der Waals surface area contributed by atoms with E-state index in [9.17, 15) is 20.1 Å². The monoisotopic (exact) mass is 362 g/mol. The maximum absolute atomic E-state index is 11.0. The summed E-state index contributed by atoms with van der Waals surface area (Å²) in [5.41, 5.74) is 0. The highest BCUT2D eigenvalue weighted by molar-refractivity contribution is 5.73. The first-order valence-corrected chi connectivity index (χ1v) is 9.48. The molecule has 1 saturated heterocycles. The number of aliphatic hydroxyl groups is 3. The second-order valence-corrected chi connectivity index (χ2v) is 6.83. The van der Waals surface area contributed by atoms with Gasteiger partial charge in [0, 0.05) is 6.42 Å². The van der Waals surface area contributed by atoms with Gasteiger partial charge in [0.25, 0.3) is 0 Å². The van der Waals surface area contributed by atoms with Gasteiger partial charge in [0.1, 0.15) is 18.3 Å². The minimum atomic E-state index is -1.91. The number of hydrogen-bond donors (Lipinski definition) is 4. The van der Waals surface area contributed by atoms with E-state index in [4.69, 9.17) is 14.6 Å². The van der Waals surface area contributed by atoms with Crippen molar-refractivity contribution in [3.8, 4) is 0 Å². The van der Waals surface area contributed by atoms with Crippen LogP contribution < -0.4 is 0 Å². The zero-order valence-electron chi connectivity index (χ0n) is 15.4. The van der Waals surface area contributed by atoms with Crippen molar-refractivity contribution in [2.45, 2.75) is 102 Å². The number of ether oxygens (including phenoxy) is 2. The van der Waals surface area contributed by atoms with E-state index in [0.717, 1.165) is 51.4 Å². The standard InChI is InChI=1S/C18H34O7/c1-3-5-7-9-11-18(24-12-10-8-6-4-2)16(21)13(19)15(25-18)14(20)17(22)23/h13-16,19-21H,3-12H2,1-2H3,(H,22,23)/t13-,14-,15+,16+,18-/m0/s1. The van der Waals surface area contributed by atoms with Crippen LogP contribution >= 0.6 is 0 Å².